The standard InChI is InChI=1S/C26H33ClN2O2S/c1-20(26(31)28-24-10-6-3-7-11-24)29(17-16-21-8-4-2-5-9-21)25(30)19-32-18-22-12-14-23(27)15-13-22/h2,4-5,8-9,12-15,20,24H,3,6-7,10-11,16-19H2,1H3,(H,28,31)/t20-/m0/s1. The van der Waals surface area contributed by atoms with Gasteiger partial charge in [-0.15, -0.1) is 11.8 Å². The molecule has 2 amide bonds. The third-order valence-electron chi connectivity index (χ3n) is 6.01. The number of carbonyl (C=O) groups is 2. The molecule has 2 aromatic carbocycles. The smallest absolute Gasteiger partial charge is 0.242 e. The van der Waals surface area contributed by atoms with Gasteiger partial charge >= 0.3 is 0 Å². The van der Waals surface area contributed by atoms with E-state index in [1.165, 1.54) is 12.0 Å². The van der Waals surface area contributed by atoms with E-state index in [4.69, 9.17) is 11.6 Å². The van der Waals surface area contributed by atoms with Gasteiger partial charge in [-0.2, -0.15) is 0 Å². The van der Waals surface area contributed by atoms with Crippen LogP contribution >= 0.6 is 23.4 Å². The van der Waals surface area contributed by atoms with E-state index in [1.807, 2.05) is 49.4 Å². The Kier molecular flexibility index (Phi) is 9.94. The molecule has 1 atom stereocenters. The molecule has 3 rings (SSSR count). The number of halogens is 1. The van der Waals surface area contributed by atoms with Crippen LogP contribution < -0.4 is 5.32 Å². The number of benzene rings is 2. The molecule has 0 unspecified atom stereocenters. The van der Waals surface area contributed by atoms with Crippen LogP contribution in [-0.4, -0.2) is 41.1 Å². The minimum absolute atomic E-state index is 0.00573. The van der Waals surface area contributed by atoms with Crippen molar-refractivity contribution in [3.05, 3.63) is 70.7 Å². The van der Waals surface area contributed by atoms with Crippen molar-refractivity contribution in [3.63, 3.8) is 0 Å². The Bertz CT molecular complexity index is 854. The van der Waals surface area contributed by atoms with E-state index in [1.54, 1.807) is 16.7 Å². The van der Waals surface area contributed by atoms with Crippen molar-refractivity contribution in [2.24, 2.45) is 0 Å². The fourth-order valence-electron chi connectivity index (χ4n) is 4.06. The molecule has 0 heterocycles. The normalized spacial score (nSPS) is 15.2. The zero-order valence-corrected chi connectivity index (χ0v) is 20.3. The molecule has 0 spiro atoms. The number of nitrogens with one attached hydrogen (secondary N) is 1. The lowest BCUT2D eigenvalue weighted by Gasteiger charge is -2.31. The number of carbonyl (C=O) groups excluding carboxylic acids is 2. The van der Waals surface area contributed by atoms with E-state index in [-0.39, 0.29) is 17.9 Å². The molecule has 172 valence electrons. The van der Waals surface area contributed by atoms with Gasteiger partial charge in [-0.25, -0.2) is 0 Å². The van der Waals surface area contributed by atoms with Gasteiger partial charge in [0.2, 0.25) is 11.8 Å². The maximum atomic E-state index is 13.2. The molecule has 6 heteroatoms. The van der Waals surface area contributed by atoms with Crippen molar-refractivity contribution in [2.75, 3.05) is 12.3 Å². The Hall–Kier alpha value is -1.98. The topological polar surface area (TPSA) is 49.4 Å². The molecule has 0 radical (unpaired) electrons. The highest BCUT2D eigenvalue weighted by Gasteiger charge is 2.27. The van der Waals surface area contributed by atoms with E-state index in [0.717, 1.165) is 43.4 Å². The van der Waals surface area contributed by atoms with Gasteiger partial charge in [0, 0.05) is 23.4 Å². The second-order valence-corrected chi connectivity index (χ2v) is 9.88. The summed E-state index contributed by atoms with van der Waals surface area (Å²) in [5.74, 6) is 1.04. The zero-order valence-electron chi connectivity index (χ0n) is 18.8. The van der Waals surface area contributed by atoms with Gasteiger partial charge in [0.05, 0.1) is 5.75 Å². The predicted octanol–water partition coefficient (Wildman–Crippen LogP) is 5.48. The molecule has 0 aliphatic heterocycles. The highest BCUT2D eigenvalue weighted by atomic mass is 35.5. The highest BCUT2D eigenvalue weighted by molar-refractivity contribution is 7.99. The van der Waals surface area contributed by atoms with Crippen molar-refractivity contribution in [3.8, 4) is 0 Å². The summed E-state index contributed by atoms with van der Waals surface area (Å²) < 4.78 is 0. The van der Waals surface area contributed by atoms with Crippen LogP contribution in [0, 0.1) is 0 Å². The van der Waals surface area contributed by atoms with E-state index < -0.39 is 6.04 Å². The number of thioether (sulfide) groups is 1. The van der Waals surface area contributed by atoms with Crippen LogP contribution in [0.3, 0.4) is 0 Å². The van der Waals surface area contributed by atoms with Crippen molar-refractivity contribution in [1.82, 2.24) is 10.2 Å². The summed E-state index contributed by atoms with van der Waals surface area (Å²) in [5.41, 5.74) is 2.30. The number of hydrogen-bond donors (Lipinski definition) is 1. The van der Waals surface area contributed by atoms with Gasteiger partial charge in [-0.05, 0) is 49.4 Å². The van der Waals surface area contributed by atoms with E-state index in [2.05, 4.69) is 17.4 Å². The third-order valence-corrected chi connectivity index (χ3v) is 7.25. The van der Waals surface area contributed by atoms with E-state index >= 15 is 0 Å². The number of rotatable bonds is 10. The second kappa shape index (κ2) is 12.9. The molecular weight excluding hydrogens is 440 g/mol. The third kappa shape index (κ3) is 7.86. The molecule has 32 heavy (non-hydrogen) atoms. The minimum Gasteiger partial charge on any atom is -0.352 e. The fourth-order valence-corrected chi connectivity index (χ4v) is 5.06. The molecule has 1 saturated carbocycles. The van der Waals surface area contributed by atoms with Crippen molar-refractivity contribution >= 4 is 35.2 Å². The van der Waals surface area contributed by atoms with Crippen LogP contribution in [0.1, 0.15) is 50.2 Å². The fraction of sp³-hybridized carbons (Fsp3) is 0.462. The van der Waals surface area contributed by atoms with Crippen LogP contribution in [0.15, 0.2) is 54.6 Å². The summed E-state index contributed by atoms with van der Waals surface area (Å²) in [5, 5.41) is 3.90. The van der Waals surface area contributed by atoms with Crippen LogP contribution in [-0.2, 0) is 21.8 Å². The van der Waals surface area contributed by atoms with Crippen molar-refractivity contribution in [2.45, 2.75) is 63.3 Å². The summed E-state index contributed by atoms with van der Waals surface area (Å²) in [6.07, 6.45) is 6.37. The molecule has 0 saturated heterocycles. The maximum absolute atomic E-state index is 13.2. The molecule has 0 aromatic heterocycles. The summed E-state index contributed by atoms with van der Waals surface area (Å²) >= 11 is 7.52. The molecule has 4 nitrogen and oxygen atoms in total. The van der Waals surface area contributed by atoms with Crippen molar-refractivity contribution < 1.29 is 9.59 Å². The molecule has 1 N–H and O–H groups in total. The summed E-state index contributed by atoms with van der Waals surface area (Å²) in [7, 11) is 0. The first-order valence-corrected chi connectivity index (χ1v) is 13.0. The van der Waals surface area contributed by atoms with Gasteiger partial charge in [0.25, 0.3) is 0 Å². The SMILES string of the molecule is C[C@@H](C(=O)NC1CCCCC1)N(CCc1ccccc1)C(=O)CSCc1ccc(Cl)cc1. The Labute approximate surface area is 201 Å². The van der Waals surface area contributed by atoms with Gasteiger partial charge < -0.3 is 10.2 Å². The van der Waals surface area contributed by atoms with Crippen molar-refractivity contribution in [1.29, 1.82) is 0 Å². The Morgan fingerprint density at radius 1 is 1.03 bits per heavy atom. The summed E-state index contributed by atoms with van der Waals surface area (Å²) in [4.78, 5) is 27.9. The largest absolute Gasteiger partial charge is 0.352 e. The Balaban J connectivity index is 1.59. The summed E-state index contributed by atoms with van der Waals surface area (Å²) in [6, 6.07) is 17.6. The average molecular weight is 473 g/mol. The highest BCUT2D eigenvalue weighted by Crippen LogP contribution is 2.19. The summed E-state index contributed by atoms with van der Waals surface area (Å²) in [6.45, 7) is 2.38. The lowest BCUT2D eigenvalue weighted by molar-refractivity contribution is -0.138. The first-order chi connectivity index (χ1) is 15.5. The predicted molar refractivity (Wildman–Crippen MR) is 134 cm³/mol. The first kappa shape index (κ1) is 24.7. The minimum atomic E-state index is -0.482. The van der Waals surface area contributed by atoms with Gasteiger partial charge in [-0.1, -0.05) is 73.3 Å². The number of hydrogen-bond acceptors (Lipinski definition) is 3. The van der Waals surface area contributed by atoms with Crippen LogP contribution in [0.25, 0.3) is 0 Å². The van der Waals surface area contributed by atoms with Crippen LogP contribution in [0.2, 0.25) is 5.02 Å². The Morgan fingerprint density at radius 2 is 1.72 bits per heavy atom. The molecule has 2 aromatic rings. The lowest BCUT2D eigenvalue weighted by Crippen LogP contribution is -2.51. The molecule has 1 fully saturated rings. The average Bonchev–Trinajstić information content (AvgIpc) is 2.81. The van der Waals surface area contributed by atoms with E-state index in [9.17, 15) is 9.59 Å². The van der Waals surface area contributed by atoms with E-state index in [0.29, 0.717) is 17.3 Å². The number of amides is 2. The Morgan fingerprint density at radius 3 is 2.41 bits per heavy atom. The van der Waals surface area contributed by atoms with Crippen LogP contribution in [0.4, 0.5) is 0 Å². The van der Waals surface area contributed by atoms with Gasteiger partial charge in [0.15, 0.2) is 0 Å². The number of nitrogens with zero attached hydrogens (tertiary/aromatic N) is 1. The quantitative estimate of drug-likeness (QED) is 0.498. The zero-order chi connectivity index (χ0) is 22.8. The first-order valence-electron chi connectivity index (χ1n) is 11.5. The van der Waals surface area contributed by atoms with Gasteiger partial charge in [0.1, 0.15) is 6.04 Å². The molecule has 1 aliphatic carbocycles. The second-order valence-electron chi connectivity index (χ2n) is 8.46. The molecule has 1 aliphatic rings. The van der Waals surface area contributed by atoms with Crippen LogP contribution in [0.5, 0.6) is 0 Å². The monoisotopic (exact) mass is 472 g/mol. The molecular formula is C26H33ClN2O2S. The molecule has 0 bridgehead atoms. The maximum Gasteiger partial charge on any atom is 0.242 e. The lowest BCUT2D eigenvalue weighted by atomic mass is 9.95. The van der Waals surface area contributed by atoms with Gasteiger partial charge in [-0.3, -0.25) is 9.59 Å².